The average Bonchev–Trinajstić information content (AvgIpc) is 2.11. The molecule has 0 aliphatic rings. The van der Waals surface area contributed by atoms with Gasteiger partial charge in [-0.2, -0.15) is 13.2 Å². The molecule has 0 saturated carbocycles. The fourth-order valence-electron chi connectivity index (χ4n) is 0.544. The van der Waals surface area contributed by atoms with Crippen molar-refractivity contribution in [3.8, 4) is 0 Å². The minimum atomic E-state index is -2.61. The van der Waals surface area contributed by atoms with Gasteiger partial charge >= 0.3 is 10.5 Å². The van der Waals surface area contributed by atoms with E-state index in [1.807, 2.05) is 0 Å². The lowest BCUT2D eigenvalue weighted by molar-refractivity contribution is 0.378. The van der Waals surface area contributed by atoms with Gasteiger partial charge in [0.1, 0.15) is 0 Å². The molecular weight excluding hydrogens is 245 g/mol. The number of halogens is 5. The summed E-state index contributed by atoms with van der Waals surface area (Å²) in [6, 6.07) is -0.0618. The van der Waals surface area contributed by atoms with E-state index in [1.165, 1.54) is 0 Å². The second-order valence-corrected chi connectivity index (χ2v) is 2.49. The van der Waals surface area contributed by atoms with Crippen LogP contribution in [0.5, 0.6) is 0 Å². The predicted molar refractivity (Wildman–Crippen MR) is 37.9 cm³/mol. The van der Waals surface area contributed by atoms with Gasteiger partial charge in [-0.1, -0.05) is 0 Å². The summed E-state index contributed by atoms with van der Waals surface area (Å²) in [6.45, 7) is 0. The summed E-state index contributed by atoms with van der Waals surface area (Å²) in [5, 5.41) is 0. The van der Waals surface area contributed by atoms with Gasteiger partial charge in [-0.05, 0) is 0 Å². The molecule has 84 valence electrons. The largest absolute Gasteiger partial charge is 0.308 e. The van der Waals surface area contributed by atoms with Crippen LogP contribution in [0, 0.1) is 33.9 Å². The predicted octanol–water partition coefficient (Wildman–Crippen LogP) is 2.01. The highest BCUT2D eigenvalue weighted by Crippen LogP contribution is 2.16. The molecule has 0 unspecified atom stereocenters. The van der Waals surface area contributed by atoms with Crippen molar-refractivity contribution in [2.75, 3.05) is 0 Å². The van der Waals surface area contributed by atoms with Crippen LogP contribution in [0.4, 0.5) is 22.0 Å². The maximum absolute atomic E-state index is 12.0. The maximum atomic E-state index is 12.0. The second kappa shape index (κ2) is 5.39. The van der Waals surface area contributed by atoms with Crippen LogP contribution in [-0.4, -0.2) is 8.42 Å². The third-order valence-electron chi connectivity index (χ3n) is 1.06. The number of nitrogens with one attached hydrogen (secondary N) is 1. The van der Waals surface area contributed by atoms with Gasteiger partial charge in [-0.3, -0.25) is 0 Å². The van der Waals surface area contributed by atoms with Gasteiger partial charge < -0.3 is 0 Å². The summed E-state index contributed by atoms with van der Waals surface area (Å²) < 4.78 is 82.9. The molecular formula is C6H2F5NO2S. The Morgan fingerprint density at radius 2 is 1.13 bits per heavy atom. The molecule has 1 aromatic carbocycles. The third-order valence-corrected chi connectivity index (χ3v) is 1.06. The van der Waals surface area contributed by atoms with Gasteiger partial charge in [0.25, 0.3) is 0 Å². The van der Waals surface area contributed by atoms with E-state index in [2.05, 4.69) is 0 Å². The Hall–Kier alpha value is -1.51. The van der Waals surface area contributed by atoms with Crippen molar-refractivity contribution in [3.63, 3.8) is 0 Å². The van der Waals surface area contributed by atoms with Crippen LogP contribution < -0.4 is 0 Å². The monoisotopic (exact) mass is 247 g/mol. The highest BCUT2D eigenvalue weighted by Gasteiger charge is 2.18. The Bertz CT molecular complexity index is 439. The van der Waals surface area contributed by atoms with Crippen molar-refractivity contribution < 1.29 is 30.4 Å². The topological polar surface area (TPSA) is 58.0 Å². The summed E-state index contributed by atoms with van der Waals surface area (Å²) in [5.74, 6) is -9.65. The Morgan fingerprint density at radius 1 is 0.867 bits per heavy atom. The van der Waals surface area contributed by atoms with E-state index in [4.69, 9.17) is 13.2 Å². The van der Waals surface area contributed by atoms with Crippen molar-refractivity contribution in [1.82, 2.24) is 0 Å². The van der Waals surface area contributed by atoms with Crippen LogP contribution in [0.25, 0.3) is 0 Å². The zero-order valence-electron chi connectivity index (χ0n) is 6.69. The summed E-state index contributed by atoms with van der Waals surface area (Å²) in [4.78, 5) is 0. The van der Waals surface area contributed by atoms with Crippen molar-refractivity contribution in [3.05, 3.63) is 35.2 Å². The van der Waals surface area contributed by atoms with Crippen molar-refractivity contribution in [2.24, 2.45) is 0 Å². The molecule has 0 fully saturated rings. The Balaban J connectivity index is 0.000000423. The molecule has 0 aliphatic heterocycles. The average molecular weight is 247 g/mol. The summed E-state index contributed by atoms with van der Waals surface area (Å²) in [7, 11) is -2.61. The van der Waals surface area contributed by atoms with Crippen LogP contribution in [0.2, 0.25) is 0 Å². The van der Waals surface area contributed by atoms with Gasteiger partial charge in [0, 0.05) is 6.07 Å². The molecule has 0 spiro atoms. The zero-order valence-corrected chi connectivity index (χ0v) is 7.51. The molecule has 1 N–H and O–H groups in total. The van der Waals surface area contributed by atoms with Crippen LogP contribution in [0.15, 0.2) is 6.07 Å². The van der Waals surface area contributed by atoms with Gasteiger partial charge in [-0.25, -0.2) is 22.0 Å². The first-order valence-corrected chi connectivity index (χ1v) is 4.13. The van der Waals surface area contributed by atoms with E-state index in [0.717, 1.165) is 0 Å². The smallest absolute Gasteiger partial charge is 0.204 e. The maximum Gasteiger partial charge on any atom is 0.308 e. The number of benzene rings is 1. The first-order valence-electron chi connectivity index (χ1n) is 3.06. The molecule has 0 aliphatic carbocycles. The molecule has 0 aromatic heterocycles. The van der Waals surface area contributed by atoms with Crippen LogP contribution in [-0.2, 0) is 10.5 Å². The third kappa shape index (κ3) is 4.02. The van der Waals surface area contributed by atoms with E-state index in [1.54, 1.807) is 0 Å². The summed E-state index contributed by atoms with van der Waals surface area (Å²) in [5.41, 5.74) is 0. The Labute approximate surface area is 81.6 Å². The van der Waals surface area contributed by atoms with Crippen molar-refractivity contribution in [1.29, 1.82) is 4.78 Å². The van der Waals surface area contributed by atoms with Crippen LogP contribution in [0.1, 0.15) is 0 Å². The molecule has 1 rings (SSSR count). The van der Waals surface area contributed by atoms with Gasteiger partial charge in [0.15, 0.2) is 23.3 Å². The van der Waals surface area contributed by atoms with Gasteiger partial charge in [0.2, 0.25) is 5.82 Å². The zero-order chi connectivity index (χ0) is 12.2. The lowest BCUT2D eigenvalue weighted by Crippen LogP contribution is -1.98. The highest BCUT2D eigenvalue weighted by molar-refractivity contribution is 7.60. The second-order valence-electron chi connectivity index (χ2n) is 2.02. The molecule has 0 heterocycles. The number of rotatable bonds is 0. The molecule has 0 atom stereocenters. The molecule has 0 bridgehead atoms. The summed E-state index contributed by atoms with van der Waals surface area (Å²) in [6.07, 6.45) is 0. The fourth-order valence-corrected chi connectivity index (χ4v) is 0.544. The lowest BCUT2D eigenvalue weighted by Gasteiger charge is -1.96. The Kier molecular flexibility index (Phi) is 4.85. The molecule has 3 nitrogen and oxygen atoms in total. The first kappa shape index (κ1) is 13.5. The normalized spacial score (nSPS) is 9.13. The number of hydrogen-bond acceptors (Lipinski definition) is 3. The van der Waals surface area contributed by atoms with Crippen molar-refractivity contribution in [2.45, 2.75) is 0 Å². The quantitative estimate of drug-likeness (QED) is 0.433. The SMILES string of the molecule is Fc1cc(F)c(F)c(F)c1F.N=S(=O)=O. The standard InChI is InChI=1S/C6HF5.HNO2S/c7-2-1-3(8)5(10)6(11)4(2)9;1-4(2)3/h1H;1H. The van der Waals surface area contributed by atoms with Gasteiger partial charge in [-0.15, -0.1) is 0 Å². The minimum absolute atomic E-state index is 0.0618. The van der Waals surface area contributed by atoms with E-state index in [0.29, 0.717) is 0 Å². The summed E-state index contributed by atoms with van der Waals surface area (Å²) >= 11 is 0. The Morgan fingerprint density at radius 3 is 1.40 bits per heavy atom. The van der Waals surface area contributed by atoms with E-state index in [-0.39, 0.29) is 6.07 Å². The molecule has 0 radical (unpaired) electrons. The van der Waals surface area contributed by atoms with Gasteiger partial charge in [0.05, 0.1) is 0 Å². The van der Waals surface area contributed by atoms with E-state index >= 15 is 0 Å². The van der Waals surface area contributed by atoms with E-state index in [9.17, 15) is 22.0 Å². The highest BCUT2D eigenvalue weighted by atomic mass is 32.2. The van der Waals surface area contributed by atoms with Crippen LogP contribution in [0.3, 0.4) is 0 Å². The molecule has 0 saturated heterocycles. The molecule has 9 heteroatoms. The van der Waals surface area contributed by atoms with Crippen molar-refractivity contribution >= 4 is 10.5 Å². The first-order chi connectivity index (χ1) is 6.77. The van der Waals surface area contributed by atoms with Crippen LogP contribution >= 0.6 is 0 Å². The minimum Gasteiger partial charge on any atom is -0.204 e. The fraction of sp³-hybridized carbons (Fsp3) is 0. The molecule has 15 heavy (non-hydrogen) atoms. The lowest BCUT2D eigenvalue weighted by atomic mass is 10.3. The molecule has 0 amide bonds. The number of hydrogen-bond donors (Lipinski definition) is 1. The molecule has 1 aromatic rings. The van der Waals surface area contributed by atoms with E-state index < -0.39 is 39.6 Å².